The fourth-order valence-corrected chi connectivity index (χ4v) is 3.39. The number of carbonyl (C=O) groups excluding carboxylic acids is 1. The van der Waals surface area contributed by atoms with Gasteiger partial charge in [0.2, 0.25) is 0 Å². The predicted octanol–water partition coefficient (Wildman–Crippen LogP) is 4.24. The van der Waals surface area contributed by atoms with Crippen molar-refractivity contribution < 1.29 is 4.79 Å². The second kappa shape index (κ2) is 9.59. The van der Waals surface area contributed by atoms with Crippen LogP contribution in [-0.4, -0.2) is 37.5 Å². The summed E-state index contributed by atoms with van der Waals surface area (Å²) in [6.07, 6.45) is 3.45. The molecule has 25 heavy (non-hydrogen) atoms. The summed E-state index contributed by atoms with van der Waals surface area (Å²) < 4.78 is 0. The highest BCUT2D eigenvalue weighted by atomic mass is 35.5. The highest BCUT2D eigenvalue weighted by Gasteiger charge is 2.23. The Bertz CT molecular complexity index is 649. The van der Waals surface area contributed by atoms with Gasteiger partial charge < -0.3 is 10.2 Å². The van der Waals surface area contributed by atoms with Gasteiger partial charge in [-0.1, -0.05) is 42.5 Å². The van der Waals surface area contributed by atoms with Crippen LogP contribution in [0.4, 0.5) is 0 Å². The predicted molar refractivity (Wildman–Crippen MR) is 106 cm³/mol. The van der Waals surface area contributed by atoms with Crippen molar-refractivity contribution in [3.63, 3.8) is 0 Å². The first-order valence-corrected chi connectivity index (χ1v) is 8.87. The molecule has 1 fully saturated rings. The van der Waals surface area contributed by atoms with E-state index in [9.17, 15) is 4.79 Å². The van der Waals surface area contributed by atoms with Gasteiger partial charge in [0, 0.05) is 18.7 Å². The van der Waals surface area contributed by atoms with Gasteiger partial charge in [0.15, 0.2) is 0 Å². The fraction of sp³-hybridized carbons (Fsp3) is 0.381. The van der Waals surface area contributed by atoms with Crippen molar-refractivity contribution in [1.29, 1.82) is 0 Å². The van der Waals surface area contributed by atoms with Crippen LogP contribution in [0.5, 0.6) is 0 Å². The van der Waals surface area contributed by atoms with Crippen molar-refractivity contribution in [2.45, 2.75) is 19.3 Å². The smallest absolute Gasteiger partial charge is 0.253 e. The van der Waals surface area contributed by atoms with E-state index in [-0.39, 0.29) is 18.3 Å². The van der Waals surface area contributed by atoms with E-state index in [1.807, 2.05) is 54.4 Å². The molecule has 4 heteroatoms. The summed E-state index contributed by atoms with van der Waals surface area (Å²) in [5, 5.41) is 3.21. The Balaban J connectivity index is 0.00000225. The molecule has 0 saturated carbocycles. The zero-order valence-electron chi connectivity index (χ0n) is 14.8. The minimum atomic E-state index is 0. The maximum absolute atomic E-state index is 12.7. The van der Waals surface area contributed by atoms with Gasteiger partial charge >= 0.3 is 0 Å². The molecule has 1 aliphatic rings. The average molecular weight is 359 g/mol. The fourth-order valence-electron chi connectivity index (χ4n) is 3.39. The molecule has 1 amide bonds. The molecule has 3 rings (SSSR count). The third-order valence-electron chi connectivity index (χ3n) is 4.94. The molecule has 0 unspecified atom stereocenters. The van der Waals surface area contributed by atoms with Gasteiger partial charge in [-0.3, -0.25) is 4.79 Å². The highest BCUT2D eigenvalue weighted by molar-refractivity contribution is 5.94. The number of benzene rings is 2. The molecule has 0 atom stereocenters. The zero-order valence-corrected chi connectivity index (χ0v) is 15.6. The molecular formula is C21H27ClN2O. The Morgan fingerprint density at radius 3 is 2.20 bits per heavy atom. The lowest BCUT2D eigenvalue weighted by Crippen LogP contribution is -2.38. The van der Waals surface area contributed by atoms with Crippen LogP contribution in [0.15, 0.2) is 54.6 Å². The highest BCUT2D eigenvalue weighted by Crippen LogP contribution is 2.23. The molecule has 134 valence electrons. The number of piperidine rings is 1. The Kier molecular flexibility index (Phi) is 7.48. The van der Waals surface area contributed by atoms with E-state index in [1.54, 1.807) is 0 Å². The van der Waals surface area contributed by atoms with Gasteiger partial charge in [-0.25, -0.2) is 0 Å². The minimum absolute atomic E-state index is 0. The number of carbonyl (C=O) groups is 1. The van der Waals surface area contributed by atoms with Crippen LogP contribution in [0.2, 0.25) is 0 Å². The number of nitrogens with zero attached hydrogens (tertiary/aromatic N) is 1. The van der Waals surface area contributed by atoms with E-state index >= 15 is 0 Å². The number of hydrogen-bond acceptors (Lipinski definition) is 2. The number of likely N-dealkylation sites (tertiary alicyclic amines) is 1. The third kappa shape index (κ3) is 5.07. The van der Waals surface area contributed by atoms with Crippen molar-refractivity contribution >= 4 is 18.3 Å². The van der Waals surface area contributed by atoms with Crippen LogP contribution in [-0.2, 0) is 0 Å². The average Bonchev–Trinajstić information content (AvgIpc) is 2.67. The van der Waals surface area contributed by atoms with E-state index in [1.165, 1.54) is 12.0 Å². The van der Waals surface area contributed by atoms with Gasteiger partial charge in [-0.15, -0.1) is 12.4 Å². The minimum Gasteiger partial charge on any atom is -0.339 e. The summed E-state index contributed by atoms with van der Waals surface area (Å²) in [4.78, 5) is 14.7. The van der Waals surface area contributed by atoms with Gasteiger partial charge in [0.05, 0.1) is 0 Å². The van der Waals surface area contributed by atoms with E-state index in [4.69, 9.17) is 0 Å². The van der Waals surface area contributed by atoms with Gasteiger partial charge in [-0.05, 0) is 62.0 Å². The van der Waals surface area contributed by atoms with Crippen LogP contribution in [0.1, 0.15) is 29.6 Å². The molecule has 2 aromatic carbocycles. The maximum atomic E-state index is 12.7. The van der Waals surface area contributed by atoms with E-state index < -0.39 is 0 Å². The summed E-state index contributed by atoms with van der Waals surface area (Å²) >= 11 is 0. The molecule has 1 saturated heterocycles. The van der Waals surface area contributed by atoms with Crippen molar-refractivity contribution in [1.82, 2.24) is 10.2 Å². The maximum Gasteiger partial charge on any atom is 0.253 e. The van der Waals surface area contributed by atoms with Gasteiger partial charge in [-0.2, -0.15) is 0 Å². The van der Waals surface area contributed by atoms with Crippen molar-refractivity contribution in [3.05, 3.63) is 60.2 Å². The molecule has 1 aliphatic heterocycles. The number of halogens is 1. The number of amides is 1. The van der Waals surface area contributed by atoms with Gasteiger partial charge in [0.1, 0.15) is 0 Å². The van der Waals surface area contributed by atoms with Crippen LogP contribution in [0, 0.1) is 5.92 Å². The molecule has 0 aliphatic carbocycles. The molecule has 0 aromatic heterocycles. The third-order valence-corrected chi connectivity index (χ3v) is 4.94. The van der Waals surface area contributed by atoms with Crippen LogP contribution >= 0.6 is 12.4 Å². The first kappa shape index (κ1) is 19.5. The Morgan fingerprint density at radius 1 is 1.00 bits per heavy atom. The van der Waals surface area contributed by atoms with E-state index in [0.717, 1.165) is 49.5 Å². The largest absolute Gasteiger partial charge is 0.339 e. The summed E-state index contributed by atoms with van der Waals surface area (Å²) in [6, 6.07) is 18.3. The summed E-state index contributed by atoms with van der Waals surface area (Å²) in [7, 11) is 2.00. The van der Waals surface area contributed by atoms with Crippen molar-refractivity contribution in [2.24, 2.45) is 5.92 Å². The van der Waals surface area contributed by atoms with Crippen LogP contribution in [0.3, 0.4) is 0 Å². The number of nitrogens with one attached hydrogen (secondary N) is 1. The Hall–Kier alpha value is -1.84. The molecule has 0 radical (unpaired) electrons. The normalized spacial score (nSPS) is 14.8. The quantitative estimate of drug-likeness (QED) is 0.867. The molecule has 2 aromatic rings. The first-order chi connectivity index (χ1) is 11.8. The lowest BCUT2D eigenvalue weighted by atomic mass is 9.93. The summed E-state index contributed by atoms with van der Waals surface area (Å²) in [5.74, 6) is 0.920. The second-order valence-corrected chi connectivity index (χ2v) is 6.57. The second-order valence-electron chi connectivity index (χ2n) is 6.57. The lowest BCUT2D eigenvalue weighted by Gasteiger charge is -2.32. The van der Waals surface area contributed by atoms with E-state index in [2.05, 4.69) is 17.4 Å². The summed E-state index contributed by atoms with van der Waals surface area (Å²) in [5.41, 5.74) is 3.13. The Labute approximate surface area is 156 Å². The number of hydrogen-bond donors (Lipinski definition) is 1. The molecule has 0 spiro atoms. The van der Waals surface area contributed by atoms with Crippen molar-refractivity contribution in [3.8, 4) is 11.1 Å². The molecule has 0 bridgehead atoms. The number of rotatable bonds is 5. The topological polar surface area (TPSA) is 32.3 Å². The standard InChI is InChI=1S/C21H26N2O.ClH/c1-22-14-11-17-12-15-23(16-13-17)21(24)20-9-7-19(8-10-20)18-5-3-2-4-6-18;/h2-10,17,22H,11-16H2,1H3;1H. The molecular weight excluding hydrogens is 332 g/mol. The van der Waals surface area contributed by atoms with Crippen LogP contribution in [0.25, 0.3) is 11.1 Å². The van der Waals surface area contributed by atoms with E-state index in [0.29, 0.717) is 0 Å². The first-order valence-electron chi connectivity index (χ1n) is 8.87. The lowest BCUT2D eigenvalue weighted by molar-refractivity contribution is 0.0687. The van der Waals surface area contributed by atoms with Crippen LogP contribution < -0.4 is 5.32 Å². The monoisotopic (exact) mass is 358 g/mol. The molecule has 3 nitrogen and oxygen atoms in total. The SMILES string of the molecule is CNCCC1CCN(C(=O)c2ccc(-c3ccccc3)cc2)CC1.Cl. The molecule has 1 heterocycles. The van der Waals surface area contributed by atoms with Crippen molar-refractivity contribution in [2.75, 3.05) is 26.7 Å². The molecule has 1 N–H and O–H groups in total. The zero-order chi connectivity index (χ0) is 16.8. The van der Waals surface area contributed by atoms with Gasteiger partial charge in [0.25, 0.3) is 5.91 Å². The summed E-state index contributed by atoms with van der Waals surface area (Å²) in [6.45, 7) is 2.83. The Morgan fingerprint density at radius 2 is 1.60 bits per heavy atom.